The van der Waals surface area contributed by atoms with Crippen LogP contribution in [-0.4, -0.2) is 5.11 Å². The number of aromatic hydroxyl groups is 1. The number of rotatable bonds is 3. The van der Waals surface area contributed by atoms with Crippen molar-refractivity contribution in [2.45, 2.75) is 19.8 Å². The van der Waals surface area contributed by atoms with Gasteiger partial charge in [0, 0.05) is 5.56 Å². The van der Waals surface area contributed by atoms with E-state index in [1.807, 2.05) is 38.1 Å². The molecule has 0 amide bonds. The molecule has 0 saturated carbocycles. The van der Waals surface area contributed by atoms with Crippen LogP contribution in [0.15, 0.2) is 45.3 Å². The van der Waals surface area contributed by atoms with Gasteiger partial charge in [-0.1, -0.05) is 19.9 Å². The zero-order chi connectivity index (χ0) is 14.0. The maximum atomic E-state index is 9.81. The molecule has 0 heterocycles. The van der Waals surface area contributed by atoms with E-state index in [4.69, 9.17) is 4.74 Å². The van der Waals surface area contributed by atoms with E-state index < -0.39 is 0 Å². The zero-order valence-corrected chi connectivity index (χ0v) is 13.8. The molecule has 2 aromatic rings. The van der Waals surface area contributed by atoms with E-state index in [1.54, 1.807) is 12.1 Å². The first kappa shape index (κ1) is 14.4. The van der Waals surface area contributed by atoms with Gasteiger partial charge in [-0.05, 0) is 68.1 Å². The zero-order valence-electron chi connectivity index (χ0n) is 10.7. The van der Waals surface area contributed by atoms with Crippen molar-refractivity contribution in [3.63, 3.8) is 0 Å². The van der Waals surface area contributed by atoms with Gasteiger partial charge in [-0.25, -0.2) is 0 Å². The minimum atomic E-state index is 0.242. The van der Waals surface area contributed by atoms with Crippen LogP contribution in [0, 0.1) is 0 Å². The number of phenolic OH excluding ortho intramolecular Hbond substituents is 1. The minimum Gasteiger partial charge on any atom is -0.508 e. The van der Waals surface area contributed by atoms with Crippen molar-refractivity contribution >= 4 is 31.9 Å². The number of benzene rings is 2. The number of phenols is 1. The Morgan fingerprint density at radius 3 is 2.26 bits per heavy atom. The largest absolute Gasteiger partial charge is 0.508 e. The van der Waals surface area contributed by atoms with E-state index in [2.05, 4.69) is 31.9 Å². The lowest BCUT2D eigenvalue weighted by Crippen LogP contribution is -1.92. The number of hydrogen-bond donors (Lipinski definition) is 1. The highest BCUT2D eigenvalue weighted by Gasteiger charge is 2.11. The summed E-state index contributed by atoms with van der Waals surface area (Å²) in [4.78, 5) is 0. The molecule has 0 aromatic heterocycles. The van der Waals surface area contributed by atoms with Crippen molar-refractivity contribution in [3.05, 3.63) is 50.9 Å². The summed E-state index contributed by atoms with van der Waals surface area (Å²) in [6.07, 6.45) is 0. The molecule has 1 N–H and O–H groups in total. The second kappa shape index (κ2) is 5.97. The standard InChI is InChI=1S/C15H14Br2O2/c1-9(2)11-8-10(6-7-14(11)18)19-15-12(16)4-3-5-13(15)17/h3-9,18H,1-2H3. The SMILES string of the molecule is CC(C)c1cc(Oc2c(Br)cccc2Br)ccc1O. The topological polar surface area (TPSA) is 29.5 Å². The summed E-state index contributed by atoms with van der Waals surface area (Å²) in [5, 5.41) is 9.81. The van der Waals surface area contributed by atoms with Crippen LogP contribution in [0.5, 0.6) is 17.2 Å². The molecule has 0 fully saturated rings. The Labute approximate surface area is 129 Å². The molecule has 0 radical (unpaired) electrons. The van der Waals surface area contributed by atoms with Gasteiger partial charge in [0.15, 0.2) is 5.75 Å². The molecule has 0 spiro atoms. The molecular weight excluding hydrogens is 372 g/mol. The lowest BCUT2D eigenvalue weighted by molar-refractivity contribution is 0.453. The average molecular weight is 386 g/mol. The molecule has 19 heavy (non-hydrogen) atoms. The number of para-hydroxylation sites is 1. The van der Waals surface area contributed by atoms with Crippen molar-refractivity contribution in [1.29, 1.82) is 0 Å². The smallest absolute Gasteiger partial charge is 0.155 e. The highest BCUT2D eigenvalue weighted by Crippen LogP contribution is 2.38. The highest BCUT2D eigenvalue weighted by atomic mass is 79.9. The van der Waals surface area contributed by atoms with E-state index in [0.29, 0.717) is 11.5 Å². The number of halogens is 2. The van der Waals surface area contributed by atoms with Gasteiger partial charge < -0.3 is 9.84 Å². The van der Waals surface area contributed by atoms with Crippen LogP contribution in [0.2, 0.25) is 0 Å². The molecule has 2 rings (SSSR count). The first-order chi connectivity index (χ1) is 8.99. The van der Waals surface area contributed by atoms with Crippen LogP contribution in [0.3, 0.4) is 0 Å². The lowest BCUT2D eigenvalue weighted by atomic mass is 10.0. The molecule has 0 aliphatic carbocycles. The number of ether oxygens (including phenoxy) is 1. The Morgan fingerprint density at radius 2 is 1.68 bits per heavy atom. The van der Waals surface area contributed by atoms with Gasteiger partial charge in [-0.3, -0.25) is 0 Å². The molecule has 4 heteroatoms. The van der Waals surface area contributed by atoms with Crippen LogP contribution in [0.1, 0.15) is 25.3 Å². The quantitative estimate of drug-likeness (QED) is 0.719. The minimum absolute atomic E-state index is 0.242. The molecule has 100 valence electrons. The maximum absolute atomic E-state index is 9.81. The fraction of sp³-hybridized carbons (Fsp3) is 0.200. The summed E-state index contributed by atoms with van der Waals surface area (Å²) in [7, 11) is 0. The summed E-state index contributed by atoms with van der Waals surface area (Å²) in [5.74, 6) is 1.97. The molecule has 0 atom stereocenters. The van der Waals surface area contributed by atoms with Gasteiger partial charge in [0.25, 0.3) is 0 Å². The molecule has 0 bridgehead atoms. The average Bonchev–Trinajstić information content (AvgIpc) is 2.35. The van der Waals surface area contributed by atoms with Gasteiger partial charge in [-0.15, -0.1) is 0 Å². The third-order valence-corrected chi connectivity index (χ3v) is 4.01. The normalized spacial score (nSPS) is 10.8. The second-order valence-corrected chi connectivity index (χ2v) is 6.24. The molecule has 0 aliphatic rings. The fourth-order valence-electron chi connectivity index (χ4n) is 1.76. The van der Waals surface area contributed by atoms with Gasteiger partial charge in [0.2, 0.25) is 0 Å². The van der Waals surface area contributed by atoms with Gasteiger partial charge in [0.1, 0.15) is 11.5 Å². The van der Waals surface area contributed by atoms with Crippen LogP contribution in [0.4, 0.5) is 0 Å². The van der Waals surface area contributed by atoms with Crippen LogP contribution in [0.25, 0.3) is 0 Å². The Balaban J connectivity index is 2.36. The van der Waals surface area contributed by atoms with Crippen molar-refractivity contribution < 1.29 is 9.84 Å². The summed E-state index contributed by atoms with van der Waals surface area (Å²) in [6.45, 7) is 4.07. The summed E-state index contributed by atoms with van der Waals surface area (Å²) in [5.41, 5.74) is 0.876. The first-order valence-electron chi connectivity index (χ1n) is 5.94. The molecule has 0 aliphatic heterocycles. The summed E-state index contributed by atoms with van der Waals surface area (Å²) >= 11 is 6.92. The molecule has 0 saturated heterocycles. The van der Waals surface area contributed by atoms with Gasteiger partial charge in [-0.2, -0.15) is 0 Å². The van der Waals surface area contributed by atoms with Crippen molar-refractivity contribution in [2.24, 2.45) is 0 Å². The predicted molar refractivity (Wildman–Crippen MR) is 84.1 cm³/mol. The van der Waals surface area contributed by atoms with E-state index in [-0.39, 0.29) is 5.92 Å². The Hall–Kier alpha value is -1.00. The van der Waals surface area contributed by atoms with E-state index in [1.165, 1.54) is 0 Å². The lowest BCUT2D eigenvalue weighted by Gasteiger charge is -2.13. The van der Waals surface area contributed by atoms with E-state index in [9.17, 15) is 5.11 Å². The Morgan fingerprint density at radius 1 is 1.05 bits per heavy atom. The summed E-state index contributed by atoms with van der Waals surface area (Å²) in [6, 6.07) is 11.1. The third-order valence-electron chi connectivity index (χ3n) is 2.76. The number of hydrogen-bond acceptors (Lipinski definition) is 2. The molecule has 0 unspecified atom stereocenters. The van der Waals surface area contributed by atoms with Gasteiger partial charge in [0.05, 0.1) is 8.95 Å². The molecule has 2 aromatic carbocycles. The highest BCUT2D eigenvalue weighted by molar-refractivity contribution is 9.11. The van der Waals surface area contributed by atoms with E-state index >= 15 is 0 Å². The van der Waals surface area contributed by atoms with E-state index in [0.717, 1.165) is 20.3 Å². The maximum Gasteiger partial charge on any atom is 0.155 e. The van der Waals surface area contributed by atoms with Gasteiger partial charge >= 0.3 is 0 Å². The third kappa shape index (κ3) is 3.31. The fourth-order valence-corrected chi connectivity index (χ4v) is 2.92. The van der Waals surface area contributed by atoms with Crippen LogP contribution < -0.4 is 4.74 Å². The first-order valence-corrected chi connectivity index (χ1v) is 7.52. The van der Waals surface area contributed by atoms with Crippen molar-refractivity contribution in [3.8, 4) is 17.2 Å². The van der Waals surface area contributed by atoms with Crippen molar-refractivity contribution in [1.82, 2.24) is 0 Å². The molecular formula is C15H14Br2O2. The van der Waals surface area contributed by atoms with Crippen molar-refractivity contribution in [2.75, 3.05) is 0 Å². The predicted octanol–water partition coefficient (Wildman–Crippen LogP) is 5.83. The monoisotopic (exact) mass is 384 g/mol. The van der Waals surface area contributed by atoms with Crippen LogP contribution in [-0.2, 0) is 0 Å². The summed E-state index contributed by atoms with van der Waals surface area (Å²) < 4.78 is 7.63. The van der Waals surface area contributed by atoms with Crippen LogP contribution >= 0.6 is 31.9 Å². The molecule has 2 nitrogen and oxygen atoms in total. The Kier molecular flexibility index (Phi) is 4.53. The second-order valence-electron chi connectivity index (χ2n) is 4.53. The Bertz CT molecular complexity index is 574.